The fraction of sp³-hybridized carbons (Fsp3) is 0.688. The lowest BCUT2D eigenvalue weighted by Gasteiger charge is -2.32. The van der Waals surface area contributed by atoms with Crippen molar-refractivity contribution in [1.29, 1.82) is 0 Å². The molecule has 1 amide bonds. The summed E-state index contributed by atoms with van der Waals surface area (Å²) >= 11 is 0. The molecular formula is C16H24N4O3. The highest BCUT2D eigenvalue weighted by Crippen LogP contribution is 2.17. The molecule has 3 rings (SSSR count). The first kappa shape index (κ1) is 16.1. The summed E-state index contributed by atoms with van der Waals surface area (Å²) in [6.07, 6.45) is 2.99. The standard InChI is InChI=1S/C16H24N4O3/c1-11(16(22)17-9-13-4-3-7-23-13)20-6-5-14-12(10-20)8-15(21)19(2)18-14/h8,11,13H,3-7,9-10H2,1-2H3,(H,17,22)/t11-,13-/m0/s1. The van der Waals surface area contributed by atoms with E-state index in [0.717, 1.165) is 43.7 Å². The third-order valence-corrected chi connectivity index (χ3v) is 4.72. The van der Waals surface area contributed by atoms with Gasteiger partial charge in [-0.2, -0.15) is 5.10 Å². The second-order valence-electron chi connectivity index (χ2n) is 6.35. The first-order valence-corrected chi connectivity index (χ1v) is 8.24. The Balaban J connectivity index is 1.59. The summed E-state index contributed by atoms with van der Waals surface area (Å²) in [6.45, 7) is 4.64. The fourth-order valence-corrected chi connectivity index (χ4v) is 3.18. The van der Waals surface area contributed by atoms with E-state index in [1.807, 2.05) is 6.92 Å². The Morgan fingerprint density at radius 2 is 2.39 bits per heavy atom. The van der Waals surface area contributed by atoms with E-state index in [4.69, 9.17) is 4.74 Å². The van der Waals surface area contributed by atoms with Crippen LogP contribution < -0.4 is 10.9 Å². The lowest BCUT2D eigenvalue weighted by molar-refractivity contribution is -0.126. The molecule has 1 saturated heterocycles. The Hall–Kier alpha value is -1.73. The first-order valence-electron chi connectivity index (χ1n) is 8.24. The number of hydrogen-bond donors (Lipinski definition) is 1. The fourth-order valence-electron chi connectivity index (χ4n) is 3.18. The third-order valence-electron chi connectivity index (χ3n) is 4.72. The van der Waals surface area contributed by atoms with Crippen molar-refractivity contribution in [3.8, 4) is 0 Å². The van der Waals surface area contributed by atoms with Gasteiger partial charge < -0.3 is 10.1 Å². The molecule has 0 aromatic carbocycles. The van der Waals surface area contributed by atoms with E-state index in [-0.39, 0.29) is 23.6 Å². The van der Waals surface area contributed by atoms with Crippen molar-refractivity contribution in [2.75, 3.05) is 19.7 Å². The largest absolute Gasteiger partial charge is 0.376 e. The minimum atomic E-state index is -0.228. The van der Waals surface area contributed by atoms with Gasteiger partial charge in [-0.15, -0.1) is 0 Å². The van der Waals surface area contributed by atoms with Crippen LogP contribution in [0.5, 0.6) is 0 Å². The third kappa shape index (κ3) is 3.61. The van der Waals surface area contributed by atoms with Crippen molar-refractivity contribution in [2.24, 2.45) is 7.05 Å². The van der Waals surface area contributed by atoms with Crippen LogP contribution in [0.2, 0.25) is 0 Å². The first-order chi connectivity index (χ1) is 11.0. The molecule has 126 valence electrons. The highest BCUT2D eigenvalue weighted by atomic mass is 16.5. The number of nitrogens with zero attached hydrogens (tertiary/aromatic N) is 3. The molecule has 2 aliphatic heterocycles. The summed E-state index contributed by atoms with van der Waals surface area (Å²) in [4.78, 5) is 26.2. The predicted molar refractivity (Wildman–Crippen MR) is 85.0 cm³/mol. The maximum absolute atomic E-state index is 12.3. The molecular weight excluding hydrogens is 296 g/mol. The van der Waals surface area contributed by atoms with Gasteiger partial charge >= 0.3 is 0 Å². The Labute approximate surface area is 135 Å². The number of ether oxygens (including phenoxy) is 1. The average Bonchev–Trinajstić information content (AvgIpc) is 3.06. The average molecular weight is 320 g/mol. The Bertz CT molecular complexity index is 637. The summed E-state index contributed by atoms with van der Waals surface area (Å²) in [5.74, 6) is 0.0146. The zero-order valence-corrected chi connectivity index (χ0v) is 13.7. The van der Waals surface area contributed by atoms with Gasteiger partial charge in [-0.05, 0) is 25.3 Å². The van der Waals surface area contributed by atoms with Gasteiger partial charge in [0.15, 0.2) is 0 Å². The number of aryl methyl sites for hydroxylation is 1. The zero-order valence-electron chi connectivity index (χ0n) is 13.7. The molecule has 3 heterocycles. The SMILES string of the molecule is C[C@@H](C(=O)NC[C@@H]1CCCO1)N1CCc2nn(C)c(=O)cc2C1. The predicted octanol–water partition coefficient (Wildman–Crippen LogP) is -0.178. The van der Waals surface area contributed by atoms with Gasteiger partial charge in [0.05, 0.1) is 17.8 Å². The van der Waals surface area contributed by atoms with Crippen LogP contribution in [0.3, 0.4) is 0 Å². The van der Waals surface area contributed by atoms with E-state index < -0.39 is 0 Å². The second kappa shape index (κ2) is 6.80. The topological polar surface area (TPSA) is 76.5 Å². The van der Waals surface area contributed by atoms with Crippen molar-refractivity contribution in [2.45, 2.75) is 44.9 Å². The smallest absolute Gasteiger partial charge is 0.266 e. The lowest BCUT2D eigenvalue weighted by atomic mass is 10.0. The summed E-state index contributed by atoms with van der Waals surface area (Å²) in [7, 11) is 1.66. The van der Waals surface area contributed by atoms with Crippen LogP contribution in [0.25, 0.3) is 0 Å². The number of carbonyl (C=O) groups excluding carboxylic acids is 1. The molecule has 0 radical (unpaired) electrons. The number of rotatable bonds is 4. The highest BCUT2D eigenvalue weighted by molar-refractivity contribution is 5.81. The number of amides is 1. The van der Waals surface area contributed by atoms with E-state index in [2.05, 4.69) is 15.3 Å². The van der Waals surface area contributed by atoms with Crippen LogP contribution in [0.15, 0.2) is 10.9 Å². The van der Waals surface area contributed by atoms with Gasteiger partial charge in [0.2, 0.25) is 5.91 Å². The molecule has 7 heteroatoms. The van der Waals surface area contributed by atoms with Crippen LogP contribution >= 0.6 is 0 Å². The normalized spacial score (nSPS) is 22.6. The molecule has 0 unspecified atom stereocenters. The lowest BCUT2D eigenvalue weighted by Crippen LogP contribution is -2.48. The molecule has 2 aliphatic rings. The van der Waals surface area contributed by atoms with Crippen LogP contribution in [0.1, 0.15) is 31.0 Å². The van der Waals surface area contributed by atoms with Crippen molar-refractivity contribution >= 4 is 5.91 Å². The molecule has 7 nitrogen and oxygen atoms in total. The summed E-state index contributed by atoms with van der Waals surface area (Å²) in [5, 5.41) is 7.28. The molecule has 1 aromatic rings. The maximum Gasteiger partial charge on any atom is 0.266 e. The van der Waals surface area contributed by atoms with Gasteiger partial charge in [-0.3, -0.25) is 14.5 Å². The van der Waals surface area contributed by atoms with Gasteiger partial charge in [0, 0.05) is 45.8 Å². The molecule has 1 N–H and O–H groups in total. The molecule has 0 spiro atoms. The van der Waals surface area contributed by atoms with Gasteiger partial charge in [-0.1, -0.05) is 0 Å². The number of carbonyl (C=O) groups is 1. The zero-order chi connectivity index (χ0) is 16.4. The van der Waals surface area contributed by atoms with E-state index in [1.165, 1.54) is 4.68 Å². The molecule has 23 heavy (non-hydrogen) atoms. The Morgan fingerprint density at radius 3 is 3.13 bits per heavy atom. The quantitative estimate of drug-likeness (QED) is 0.833. The highest BCUT2D eigenvalue weighted by Gasteiger charge is 2.27. The molecule has 1 fully saturated rings. The van der Waals surface area contributed by atoms with E-state index in [0.29, 0.717) is 13.1 Å². The van der Waals surface area contributed by atoms with Crippen LogP contribution in [-0.2, 0) is 29.5 Å². The van der Waals surface area contributed by atoms with Crippen LogP contribution in [0, 0.1) is 0 Å². The Morgan fingerprint density at radius 1 is 1.57 bits per heavy atom. The van der Waals surface area contributed by atoms with E-state index >= 15 is 0 Å². The second-order valence-corrected chi connectivity index (χ2v) is 6.35. The van der Waals surface area contributed by atoms with Gasteiger partial charge in [0.1, 0.15) is 0 Å². The van der Waals surface area contributed by atoms with Crippen molar-refractivity contribution in [1.82, 2.24) is 20.0 Å². The van der Waals surface area contributed by atoms with Crippen molar-refractivity contribution < 1.29 is 9.53 Å². The molecule has 0 saturated carbocycles. The number of hydrogen-bond acceptors (Lipinski definition) is 5. The minimum Gasteiger partial charge on any atom is -0.376 e. The molecule has 1 aromatic heterocycles. The summed E-state index contributed by atoms with van der Waals surface area (Å²) < 4.78 is 6.89. The number of fused-ring (bicyclic) bond motifs is 1. The number of aromatic nitrogens is 2. The van der Waals surface area contributed by atoms with Gasteiger partial charge in [-0.25, -0.2) is 4.68 Å². The monoisotopic (exact) mass is 320 g/mol. The minimum absolute atomic E-state index is 0.0146. The summed E-state index contributed by atoms with van der Waals surface area (Å²) in [6, 6.07) is 1.40. The van der Waals surface area contributed by atoms with Crippen LogP contribution in [0.4, 0.5) is 0 Å². The Kier molecular flexibility index (Phi) is 4.77. The molecule has 0 aliphatic carbocycles. The van der Waals surface area contributed by atoms with E-state index in [9.17, 15) is 9.59 Å². The molecule has 2 atom stereocenters. The van der Waals surface area contributed by atoms with E-state index in [1.54, 1.807) is 13.1 Å². The van der Waals surface area contributed by atoms with Crippen molar-refractivity contribution in [3.63, 3.8) is 0 Å². The number of nitrogens with one attached hydrogen (secondary N) is 1. The maximum atomic E-state index is 12.3. The molecule has 0 bridgehead atoms. The summed E-state index contributed by atoms with van der Waals surface area (Å²) in [5.41, 5.74) is 1.77. The van der Waals surface area contributed by atoms with Crippen LogP contribution in [-0.4, -0.2) is 52.4 Å². The van der Waals surface area contributed by atoms with Gasteiger partial charge in [0.25, 0.3) is 5.56 Å². The van der Waals surface area contributed by atoms with Crippen molar-refractivity contribution in [3.05, 3.63) is 27.7 Å².